The highest BCUT2D eigenvalue weighted by molar-refractivity contribution is 8.08. The molecule has 0 aliphatic rings. The minimum absolute atomic E-state index is 0.135. The van der Waals surface area contributed by atoms with Crippen LogP contribution in [0.1, 0.15) is 26.7 Å². The van der Waals surface area contributed by atoms with E-state index in [-0.39, 0.29) is 13.2 Å². The molecule has 0 rings (SSSR count). The zero-order valence-electron chi connectivity index (χ0n) is 8.66. The second-order valence-electron chi connectivity index (χ2n) is 2.69. The number of hydrogen-bond acceptors (Lipinski definition) is 5. The first-order valence-corrected chi connectivity index (χ1v) is 8.57. The first kappa shape index (κ1) is 15.7. The number of phosphoric ester groups is 1. The van der Waals surface area contributed by atoms with Crippen LogP contribution < -0.4 is 0 Å². The van der Waals surface area contributed by atoms with Crippen LogP contribution in [0.5, 0.6) is 0 Å². The molecule has 15 heavy (non-hydrogen) atoms. The summed E-state index contributed by atoms with van der Waals surface area (Å²) in [4.78, 5) is 17.8. The first-order chi connectivity index (χ1) is 6.83. The van der Waals surface area contributed by atoms with Gasteiger partial charge in [-0.1, -0.05) is 13.8 Å². The summed E-state index contributed by atoms with van der Waals surface area (Å²) in [5.41, 5.74) is 0. The Labute approximate surface area is 94.4 Å². The molecular formula is C6H16O6P2S. The summed E-state index contributed by atoms with van der Waals surface area (Å²) in [5, 5.41) is 0. The largest absolute Gasteiger partial charge is 0.482 e. The van der Waals surface area contributed by atoms with E-state index in [9.17, 15) is 4.57 Å². The van der Waals surface area contributed by atoms with Crippen LogP contribution in [0.25, 0.3) is 0 Å². The Bertz CT molecular complexity index is 252. The van der Waals surface area contributed by atoms with Crippen molar-refractivity contribution in [1.82, 2.24) is 0 Å². The zero-order valence-corrected chi connectivity index (χ0v) is 11.3. The molecule has 0 aliphatic carbocycles. The van der Waals surface area contributed by atoms with Gasteiger partial charge >= 0.3 is 14.5 Å². The molecule has 0 spiro atoms. The maximum absolute atomic E-state index is 11.7. The van der Waals surface area contributed by atoms with E-state index in [1.54, 1.807) is 13.8 Å². The van der Waals surface area contributed by atoms with Gasteiger partial charge in [0.1, 0.15) is 0 Å². The van der Waals surface area contributed by atoms with Crippen LogP contribution in [0.2, 0.25) is 0 Å². The fourth-order valence-corrected chi connectivity index (χ4v) is 3.66. The van der Waals surface area contributed by atoms with Gasteiger partial charge in [-0.25, -0.2) is 8.88 Å². The highest BCUT2D eigenvalue weighted by Crippen LogP contribution is 2.61. The molecule has 2 N–H and O–H groups in total. The van der Waals surface area contributed by atoms with Crippen molar-refractivity contribution in [3.8, 4) is 0 Å². The maximum atomic E-state index is 11.7. The van der Waals surface area contributed by atoms with Gasteiger partial charge in [0.2, 0.25) is 0 Å². The lowest BCUT2D eigenvalue weighted by Gasteiger charge is -2.18. The van der Waals surface area contributed by atoms with Crippen LogP contribution in [0, 0.1) is 0 Å². The average molecular weight is 278 g/mol. The molecule has 0 unspecified atom stereocenters. The monoisotopic (exact) mass is 278 g/mol. The van der Waals surface area contributed by atoms with Gasteiger partial charge in [0.05, 0.1) is 13.2 Å². The lowest BCUT2D eigenvalue weighted by Crippen LogP contribution is -2.00. The standard InChI is InChI=1S/C6H16O6P2S/c1-3-5-10-14(9,11-6-4-2)12-13(7,8)15/h3-6H2,1-2H3,(H2,7,8,15). The van der Waals surface area contributed by atoms with E-state index in [1.165, 1.54) is 0 Å². The molecule has 0 atom stereocenters. The van der Waals surface area contributed by atoms with Gasteiger partial charge in [-0.15, -0.1) is 0 Å². The van der Waals surface area contributed by atoms with Crippen molar-refractivity contribution >= 4 is 26.3 Å². The summed E-state index contributed by atoms with van der Waals surface area (Å²) in [6.07, 6.45) is 1.20. The van der Waals surface area contributed by atoms with E-state index in [0.717, 1.165) is 0 Å². The van der Waals surface area contributed by atoms with Crippen LogP contribution >= 0.6 is 14.5 Å². The smallest absolute Gasteiger partial charge is 0.324 e. The molecule has 0 bridgehead atoms. The Morgan fingerprint density at radius 3 is 1.80 bits per heavy atom. The number of rotatable bonds is 8. The van der Waals surface area contributed by atoms with Gasteiger partial charge in [0, 0.05) is 0 Å². The Balaban J connectivity index is 4.40. The summed E-state index contributed by atoms with van der Waals surface area (Å²) in [7, 11) is -3.93. The predicted molar refractivity (Wildman–Crippen MR) is 59.9 cm³/mol. The molecule has 0 fully saturated rings. The molecular weight excluding hydrogens is 262 g/mol. The lowest BCUT2D eigenvalue weighted by atomic mass is 10.5. The lowest BCUT2D eigenvalue weighted by molar-refractivity contribution is 0.149. The van der Waals surface area contributed by atoms with Crippen molar-refractivity contribution in [2.75, 3.05) is 13.2 Å². The molecule has 0 saturated heterocycles. The normalized spacial score (nSPS) is 13.1. The van der Waals surface area contributed by atoms with E-state index < -0.39 is 14.5 Å². The highest BCUT2D eigenvalue weighted by Gasteiger charge is 2.32. The van der Waals surface area contributed by atoms with Gasteiger partial charge in [-0.2, -0.15) is 0 Å². The second-order valence-corrected chi connectivity index (χ2v) is 7.16. The zero-order chi connectivity index (χ0) is 11.9. The molecule has 0 aliphatic heterocycles. The molecule has 0 radical (unpaired) electrons. The topological polar surface area (TPSA) is 85.2 Å². The highest BCUT2D eigenvalue weighted by atomic mass is 32.5. The van der Waals surface area contributed by atoms with Crippen molar-refractivity contribution in [1.29, 1.82) is 0 Å². The van der Waals surface area contributed by atoms with E-state index in [4.69, 9.17) is 18.8 Å². The number of hydrogen-bond donors (Lipinski definition) is 2. The van der Waals surface area contributed by atoms with E-state index in [1.807, 2.05) is 0 Å². The van der Waals surface area contributed by atoms with Gasteiger partial charge in [-0.05, 0) is 24.6 Å². The Hall–Kier alpha value is 0.680. The van der Waals surface area contributed by atoms with Crippen LogP contribution in [0.3, 0.4) is 0 Å². The summed E-state index contributed by atoms with van der Waals surface area (Å²) in [6, 6.07) is 0. The third kappa shape index (κ3) is 8.48. The van der Waals surface area contributed by atoms with Crippen LogP contribution in [-0.4, -0.2) is 23.0 Å². The van der Waals surface area contributed by atoms with Crippen LogP contribution in [0.4, 0.5) is 0 Å². The molecule has 0 aromatic rings. The van der Waals surface area contributed by atoms with Crippen molar-refractivity contribution < 1.29 is 27.7 Å². The van der Waals surface area contributed by atoms with E-state index in [0.29, 0.717) is 12.8 Å². The SMILES string of the molecule is CCCOP(=O)(OCCC)OP(O)(O)=S. The predicted octanol–water partition coefficient (Wildman–Crippen LogP) is 2.17. The minimum atomic E-state index is -4.05. The van der Waals surface area contributed by atoms with Gasteiger partial charge in [-0.3, -0.25) is 9.05 Å². The van der Waals surface area contributed by atoms with Gasteiger partial charge < -0.3 is 9.79 Å². The molecule has 6 nitrogen and oxygen atoms in total. The minimum Gasteiger partial charge on any atom is -0.324 e. The molecule has 0 amide bonds. The molecule has 92 valence electrons. The molecule has 0 aromatic carbocycles. The van der Waals surface area contributed by atoms with Gasteiger partial charge in [0.15, 0.2) is 0 Å². The van der Waals surface area contributed by atoms with Crippen molar-refractivity contribution in [3.05, 3.63) is 0 Å². The third-order valence-electron chi connectivity index (χ3n) is 1.11. The Morgan fingerprint density at radius 1 is 1.13 bits per heavy atom. The second kappa shape index (κ2) is 7.09. The fourth-order valence-electron chi connectivity index (χ4n) is 0.621. The Kier molecular flexibility index (Phi) is 7.41. The van der Waals surface area contributed by atoms with E-state index >= 15 is 0 Å². The molecule has 0 aromatic heterocycles. The summed E-state index contributed by atoms with van der Waals surface area (Å²) < 4.78 is 25.7. The Morgan fingerprint density at radius 2 is 1.53 bits per heavy atom. The van der Waals surface area contributed by atoms with Crippen molar-refractivity contribution in [3.63, 3.8) is 0 Å². The average Bonchev–Trinajstić information content (AvgIpc) is 2.09. The molecule has 9 heteroatoms. The number of phosphoric acid groups is 1. The van der Waals surface area contributed by atoms with E-state index in [2.05, 4.69) is 16.1 Å². The summed E-state index contributed by atoms with van der Waals surface area (Å²) in [5.74, 6) is 0. The van der Waals surface area contributed by atoms with Crippen LogP contribution in [0.15, 0.2) is 0 Å². The third-order valence-corrected chi connectivity index (χ3v) is 4.36. The molecule has 0 heterocycles. The summed E-state index contributed by atoms with van der Waals surface area (Å²) >= 11 is 4.20. The van der Waals surface area contributed by atoms with Crippen molar-refractivity contribution in [2.24, 2.45) is 0 Å². The maximum Gasteiger partial charge on any atom is 0.482 e. The first-order valence-electron chi connectivity index (χ1n) is 4.49. The van der Waals surface area contributed by atoms with Crippen LogP contribution in [-0.2, 0) is 29.7 Å². The summed E-state index contributed by atoms with van der Waals surface area (Å²) in [6.45, 7) is -0.169. The fraction of sp³-hybridized carbons (Fsp3) is 1.00. The van der Waals surface area contributed by atoms with Crippen molar-refractivity contribution in [2.45, 2.75) is 26.7 Å². The molecule has 0 saturated carbocycles. The van der Waals surface area contributed by atoms with Gasteiger partial charge in [0.25, 0.3) is 0 Å². The quantitative estimate of drug-likeness (QED) is 0.658.